The van der Waals surface area contributed by atoms with Crippen molar-refractivity contribution < 1.29 is 8.42 Å². The highest BCUT2D eigenvalue weighted by molar-refractivity contribution is 7.91. The van der Waals surface area contributed by atoms with Crippen LogP contribution in [-0.4, -0.2) is 74.6 Å². The molecule has 1 unspecified atom stereocenters. The van der Waals surface area contributed by atoms with E-state index in [1.165, 1.54) is 0 Å². The average Bonchev–Trinajstić information content (AvgIpc) is 2.80. The Hall–Kier alpha value is -1.41. The number of sulfone groups is 1. The molecule has 0 radical (unpaired) electrons. The number of nitrogens with zero attached hydrogens (tertiary/aromatic N) is 4. The van der Waals surface area contributed by atoms with Crippen LogP contribution in [0.2, 0.25) is 0 Å². The third-order valence-electron chi connectivity index (χ3n) is 3.75. The van der Waals surface area contributed by atoms with Gasteiger partial charge in [-0.05, 0) is 33.5 Å². The lowest BCUT2D eigenvalue weighted by atomic mass is 10.2. The Kier molecular flexibility index (Phi) is 5.57. The lowest BCUT2D eigenvalue weighted by Crippen LogP contribution is -2.37. The van der Waals surface area contributed by atoms with Gasteiger partial charge < -0.3 is 15.1 Å². The molecule has 1 aliphatic heterocycles. The molecule has 1 N–H and O–H groups in total. The summed E-state index contributed by atoms with van der Waals surface area (Å²) in [5.41, 5.74) is 0. The smallest absolute Gasteiger partial charge is 0.227 e. The zero-order valence-electron chi connectivity index (χ0n) is 13.5. The van der Waals surface area contributed by atoms with Crippen molar-refractivity contribution in [3.63, 3.8) is 0 Å². The van der Waals surface area contributed by atoms with E-state index in [1.807, 2.05) is 32.0 Å². The van der Waals surface area contributed by atoms with E-state index >= 15 is 0 Å². The van der Waals surface area contributed by atoms with Gasteiger partial charge in [0.25, 0.3) is 0 Å². The minimum Gasteiger partial charge on any atom is -0.369 e. The van der Waals surface area contributed by atoms with E-state index in [4.69, 9.17) is 0 Å². The zero-order chi connectivity index (χ0) is 16.2. The molecule has 0 spiro atoms. The number of likely N-dealkylation sites (N-methyl/N-ethyl adjacent to an activating group) is 1. The first kappa shape index (κ1) is 17.0. The highest BCUT2D eigenvalue weighted by atomic mass is 32.2. The van der Waals surface area contributed by atoms with Gasteiger partial charge >= 0.3 is 0 Å². The molecule has 7 nitrogen and oxygen atoms in total. The molecule has 1 aromatic rings. The fraction of sp³-hybridized carbons (Fsp3) is 0.714. The van der Waals surface area contributed by atoms with E-state index in [1.54, 1.807) is 6.20 Å². The molecule has 1 aliphatic rings. The summed E-state index contributed by atoms with van der Waals surface area (Å²) in [6.45, 7) is 4.41. The molecule has 1 atom stereocenters. The van der Waals surface area contributed by atoms with Crippen molar-refractivity contribution in [3.05, 3.63) is 12.3 Å². The fourth-order valence-corrected chi connectivity index (χ4v) is 4.31. The maximum Gasteiger partial charge on any atom is 0.227 e. The van der Waals surface area contributed by atoms with Gasteiger partial charge in [-0.2, -0.15) is 4.98 Å². The molecule has 0 amide bonds. The topological polar surface area (TPSA) is 78.4 Å². The van der Waals surface area contributed by atoms with Crippen LogP contribution in [0.25, 0.3) is 0 Å². The van der Waals surface area contributed by atoms with Crippen LogP contribution in [0.5, 0.6) is 0 Å². The fourth-order valence-electron chi connectivity index (χ4n) is 2.58. The van der Waals surface area contributed by atoms with Crippen LogP contribution in [0.3, 0.4) is 0 Å². The molecule has 2 heterocycles. The van der Waals surface area contributed by atoms with Crippen LogP contribution in [0, 0.1) is 0 Å². The highest BCUT2D eigenvalue weighted by Crippen LogP contribution is 2.22. The lowest BCUT2D eigenvalue weighted by molar-refractivity contribution is 0.425. The van der Waals surface area contributed by atoms with Crippen molar-refractivity contribution in [2.24, 2.45) is 0 Å². The molecule has 1 fully saturated rings. The van der Waals surface area contributed by atoms with Gasteiger partial charge in [-0.15, -0.1) is 0 Å². The Morgan fingerprint density at radius 3 is 2.77 bits per heavy atom. The summed E-state index contributed by atoms with van der Waals surface area (Å²) in [5.74, 6) is 1.82. The largest absolute Gasteiger partial charge is 0.369 e. The third kappa shape index (κ3) is 4.54. The summed E-state index contributed by atoms with van der Waals surface area (Å²) in [6.07, 6.45) is 2.37. The Morgan fingerprint density at radius 1 is 1.41 bits per heavy atom. The van der Waals surface area contributed by atoms with E-state index in [2.05, 4.69) is 20.2 Å². The third-order valence-corrected chi connectivity index (χ3v) is 5.51. The van der Waals surface area contributed by atoms with E-state index in [9.17, 15) is 8.42 Å². The first-order valence-corrected chi connectivity index (χ1v) is 9.42. The molecule has 0 aliphatic carbocycles. The van der Waals surface area contributed by atoms with Gasteiger partial charge in [0, 0.05) is 31.9 Å². The SMILES string of the molecule is CCN(c1nccc(NCCN(C)C)n1)C1CCS(=O)(=O)C1. The van der Waals surface area contributed by atoms with Crippen LogP contribution < -0.4 is 10.2 Å². The Balaban J connectivity index is 2.06. The molecule has 1 saturated heterocycles. The number of aromatic nitrogens is 2. The van der Waals surface area contributed by atoms with Crippen molar-refractivity contribution in [1.82, 2.24) is 14.9 Å². The quantitative estimate of drug-likeness (QED) is 0.779. The minimum atomic E-state index is -2.91. The number of nitrogens with one attached hydrogen (secondary N) is 1. The predicted molar refractivity (Wildman–Crippen MR) is 89.2 cm³/mol. The molecular formula is C14H25N5O2S. The zero-order valence-corrected chi connectivity index (χ0v) is 14.3. The number of rotatable bonds is 7. The molecule has 124 valence electrons. The van der Waals surface area contributed by atoms with Crippen LogP contribution in [0.1, 0.15) is 13.3 Å². The van der Waals surface area contributed by atoms with Crippen molar-refractivity contribution in [1.29, 1.82) is 0 Å². The Morgan fingerprint density at radius 2 is 2.18 bits per heavy atom. The van der Waals surface area contributed by atoms with Crippen LogP contribution in [0.15, 0.2) is 12.3 Å². The van der Waals surface area contributed by atoms with E-state index in [0.29, 0.717) is 18.9 Å². The molecule has 22 heavy (non-hydrogen) atoms. The molecule has 8 heteroatoms. The first-order valence-electron chi connectivity index (χ1n) is 7.60. The minimum absolute atomic E-state index is 0.0213. The van der Waals surface area contributed by atoms with Crippen molar-refractivity contribution >= 4 is 21.6 Å². The second-order valence-corrected chi connectivity index (χ2v) is 8.04. The lowest BCUT2D eigenvalue weighted by Gasteiger charge is -2.27. The van der Waals surface area contributed by atoms with Crippen molar-refractivity contribution in [2.75, 3.05) is 55.5 Å². The molecule has 1 aromatic heterocycles. The maximum absolute atomic E-state index is 11.7. The number of hydrogen-bond acceptors (Lipinski definition) is 7. The number of hydrogen-bond donors (Lipinski definition) is 1. The van der Waals surface area contributed by atoms with Gasteiger partial charge in [-0.3, -0.25) is 0 Å². The second-order valence-electron chi connectivity index (χ2n) is 5.81. The van der Waals surface area contributed by atoms with E-state index < -0.39 is 9.84 Å². The monoisotopic (exact) mass is 327 g/mol. The normalized spacial score (nSPS) is 20.3. The van der Waals surface area contributed by atoms with Gasteiger partial charge in [0.05, 0.1) is 11.5 Å². The Labute approximate surface area is 132 Å². The average molecular weight is 327 g/mol. The van der Waals surface area contributed by atoms with Gasteiger partial charge in [0.1, 0.15) is 5.82 Å². The first-order chi connectivity index (χ1) is 10.4. The molecule has 2 rings (SSSR count). The summed E-state index contributed by atoms with van der Waals surface area (Å²) in [6, 6.07) is 1.81. The summed E-state index contributed by atoms with van der Waals surface area (Å²) in [7, 11) is 1.13. The van der Waals surface area contributed by atoms with Crippen LogP contribution in [-0.2, 0) is 9.84 Å². The molecular weight excluding hydrogens is 302 g/mol. The predicted octanol–water partition coefficient (Wildman–Crippen LogP) is 0.464. The highest BCUT2D eigenvalue weighted by Gasteiger charge is 2.32. The Bertz CT molecular complexity index is 591. The number of anilines is 2. The molecule has 0 bridgehead atoms. The summed E-state index contributed by atoms with van der Waals surface area (Å²) in [4.78, 5) is 12.9. The molecule has 0 saturated carbocycles. The second kappa shape index (κ2) is 7.23. The van der Waals surface area contributed by atoms with Crippen LogP contribution in [0.4, 0.5) is 11.8 Å². The van der Waals surface area contributed by atoms with Gasteiger partial charge in [-0.1, -0.05) is 0 Å². The van der Waals surface area contributed by atoms with Gasteiger partial charge in [-0.25, -0.2) is 13.4 Å². The summed E-state index contributed by atoms with van der Waals surface area (Å²) in [5, 5.41) is 3.26. The van der Waals surface area contributed by atoms with Crippen molar-refractivity contribution in [2.45, 2.75) is 19.4 Å². The van der Waals surface area contributed by atoms with Gasteiger partial charge in [0.2, 0.25) is 5.95 Å². The maximum atomic E-state index is 11.7. The van der Waals surface area contributed by atoms with Crippen LogP contribution >= 0.6 is 0 Å². The van der Waals surface area contributed by atoms with E-state index in [0.717, 1.165) is 18.9 Å². The van der Waals surface area contributed by atoms with Gasteiger partial charge in [0.15, 0.2) is 9.84 Å². The molecule has 0 aromatic carbocycles. The standard InChI is InChI=1S/C14H25N5O2S/c1-4-19(12-6-10-22(20,21)11-12)14-16-7-5-13(17-14)15-8-9-18(2)3/h5,7,12H,4,6,8-11H2,1-3H3,(H,15,16,17). The summed E-state index contributed by atoms with van der Waals surface area (Å²) >= 11 is 0. The van der Waals surface area contributed by atoms with E-state index in [-0.39, 0.29) is 17.5 Å². The van der Waals surface area contributed by atoms with Crippen molar-refractivity contribution in [3.8, 4) is 0 Å². The summed E-state index contributed by atoms with van der Waals surface area (Å²) < 4.78 is 23.4.